The maximum atomic E-state index is 4.45. The van der Waals surface area contributed by atoms with Crippen LogP contribution in [0.4, 0.5) is 0 Å². The highest BCUT2D eigenvalue weighted by atomic mass is 79.9. The van der Waals surface area contributed by atoms with Crippen LogP contribution in [0.15, 0.2) is 58.6 Å². The number of imidazole rings is 1. The molecular formula is C14H11BrN2S. The molecule has 0 atom stereocenters. The van der Waals surface area contributed by atoms with Crippen LogP contribution in [0.2, 0.25) is 0 Å². The van der Waals surface area contributed by atoms with Gasteiger partial charge in [-0.15, -0.1) is 11.3 Å². The van der Waals surface area contributed by atoms with Gasteiger partial charge in [0.1, 0.15) is 5.82 Å². The van der Waals surface area contributed by atoms with E-state index in [-0.39, 0.29) is 0 Å². The molecule has 0 saturated heterocycles. The quantitative estimate of drug-likeness (QED) is 0.699. The van der Waals surface area contributed by atoms with Crippen molar-refractivity contribution in [2.24, 2.45) is 0 Å². The van der Waals surface area contributed by atoms with E-state index in [0.29, 0.717) is 0 Å². The van der Waals surface area contributed by atoms with Crippen molar-refractivity contribution in [1.29, 1.82) is 0 Å². The van der Waals surface area contributed by atoms with Gasteiger partial charge in [0.05, 0.1) is 6.54 Å². The van der Waals surface area contributed by atoms with Crippen LogP contribution >= 0.6 is 27.3 Å². The van der Waals surface area contributed by atoms with E-state index in [1.54, 1.807) is 11.3 Å². The van der Waals surface area contributed by atoms with Crippen LogP contribution in [-0.4, -0.2) is 9.55 Å². The fourth-order valence-electron chi connectivity index (χ4n) is 1.90. The molecule has 4 heteroatoms. The Kier molecular flexibility index (Phi) is 3.30. The summed E-state index contributed by atoms with van der Waals surface area (Å²) in [4.78, 5) is 5.79. The van der Waals surface area contributed by atoms with Gasteiger partial charge >= 0.3 is 0 Å². The summed E-state index contributed by atoms with van der Waals surface area (Å²) in [6.45, 7) is 0.875. The molecule has 0 radical (unpaired) electrons. The average molecular weight is 319 g/mol. The largest absolute Gasteiger partial charge is 0.326 e. The van der Waals surface area contributed by atoms with E-state index in [1.807, 2.05) is 24.5 Å². The molecular weight excluding hydrogens is 308 g/mol. The van der Waals surface area contributed by atoms with Crippen LogP contribution in [0.1, 0.15) is 4.88 Å². The molecule has 0 unspecified atom stereocenters. The Balaban J connectivity index is 1.96. The number of halogens is 1. The Morgan fingerprint density at radius 2 is 2.17 bits per heavy atom. The fourth-order valence-corrected chi connectivity index (χ4v) is 3.00. The molecule has 0 fully saturated rings. The zero-order valence-electron chi connectivity index (χ0n) is 9.58. The van der Waals surface area contributed by atoms with Crippen molar-refractivity contribution in [2.75, 3.05) is 0 Å². The molecule has 18 heavy (non-hydrogen) atoms. The van der Waals surface area contributed by atoms with Crippen LogP contribution in [0, 0.1) is 0 Å². The Morgan fingerprint density at radius 1 is 1.22 bits per heavy atom. The van der Waals surface area contributed by atoms with Crippen molar-refractivity contribution < 1.29 is 0 Å². The molecule has 0 amide bonds. The van der Waals surface area contributed by atoms with E-state index in [2.05, 4.69) is 55.1 Å². The van der Waals surface area contributed by atoms with E-state index < -0.39 is 0 Å². The van der Waals surface area contributed by atoms with Gasteiger partial charge in [-0.3, -0.25) is 0 Å². The number of benzene rings is 1. The summed E-state index contributed by atoms with van der Waals surface area (Å²) >= 11 is 5.27. The standard InChI is InChI=1S/C14H11BrN2S/c15-12-4-1-3-11(9-12)14-16-6-7-17(14)10-13-5-2-8-18-13/h1-9H,10H2. The summed E-state index contributed by atoms with van der Waals surface area (Å²) in [5.41, 5.74) is 1.13. The minimum atomic E-state index is 0.875. The molecule has 3 aromatic rings. The van der Waals surface area contributed by atoms with Gasteiger partial charge < -0.3 is 4.57 Å². The lowest BCUT2D eigenvalue weighted by Crippen LogP contribution is -1.99. The van der Waals surface area contributed by atoms with E-state index in [9.17, 15) is 0 Å². The van der Waals surface area contributed by atoms with Crippen LogP contribution < -0.4 is 0 Å². The number of aromatic nitrogens is 2. The molecule has 0 N–H and O–H groups in total. The maximum Gasteiger partial charge on any atom is 0.140 e. The molecule has 0 aliphatic carbocycles. The summed E-state index contributed by atoms with van der Waals surface area (Å²) in [7, 11) is 0. The molecule has 0 saturated carbocycles. The second kappa shape index (κ2) is 5.08. The summed E-state index contributed by atoms with van der Waals surface area (Å²) < 4.78 is 3.25. The number of rotatable bonds is 3. The topological polar surface area (TPSA) is 17.8 Å². The summed E-state index contributed by atoms with van der Waals surface area (Å²) in [5.74, 6) is 1.00. The Bertz CT molecular complexity index is 643. The third-order valence-corrected chi connectivity index (χ3v) is 4.06. The van der Waals surface area contributed by atoms with Crippen LogP contribution in [-0.2, 0) is 6.54 Å². The first-order valence-electron chi connectivity index (χ1n) is 5.62. The van der Waals surface area contributed by atoms with E-state index in [1.165, 1.54) is 4.88 Å². The lowest BCUT2D eigenvalue weighted by molar-refractivity contribution is 0.820. The van der Waals surface area contributed by atoms with Gasteiger partial charge in [0.15, 0.2) is 0 Å². The monoisotopic (exact) mass is 318 g/mol. The SMILES string of the molecule is Brc1cccc(-c2nccn2Cc2cccs2)c1. The molecule has 2 aromatic heterocycles. The number of thiophene rings is 1. The minimum absolute atomic E-state index is 0.875. The van der Waals surface area contributed by atoms with Crippen LogP contribution in [0.25, 0.3) is 11.4 Å². The van der Waals surface area contributed by atoms with Crippen molar-refractivity contribution >= 4 is 27.3 Å². The Hall–Kier alpha value is -1.39. The molecule has 3 rings (SSSR count). The molecule has 0 spiro atoms. The highest BCUT2D eigenvalue weighted by Gasteiger charge is 2.07. The predicted octanol–water partition coefficient (Wildman–Crippen LogP) is 4.42. The smallest absolute Gasteiger partial charge is 0.140 e. The summed E-state index contributed by atoms with van der Waals surface area (Å²) in [6, 6.07) is 12.5. The second-order valence-corrected chi connectivity index (χ2v) is 5.92. The summed E-state index contributed by atoms with van der Waals surface area (Å²) in [5, 5.41) is 2.10. The molecule has 1 aromatic carbocycles. The second-order valence-electron chi connectivity index (χ2n) is 3.97. The first kappa shape index (κ1) is 11.7. The third kappa shape index (κ3) is 2.40. The summed E-state index contributed by atoms with van der Waals surface area (Å²) in [6.07, 6.45) is 3.87. The zero-order chi connectivity index (χ0) is 12.4. The van der Waals surface area contributed by atoms with Gasteiger partial charge in [-0.05, 0) is 23.6 Å². The number of nitrogens with zero attached hydrogens (tertiary/aromatic N) is 2. The van der Waals surface area contributed by atoms with Gasteiger partial charge in [0, 0.05) is 27.3 Å². The Morgan fingerprint density at radius 3 is 2.94 bits per heavy atom. The fraction of sp³-hybridized carbons (Fsp3) is 0.0714. The normalized spacial score (nSPS) is 10.7. The van der Waals surface area contributed by atoms with Crippen molar-refractivity contribution in [3.8, 4) is 11.4 Å². The van der Waals surface area contributed by atoms with E-state index in [4.69, 9.17) is 0 Å². The molecule has 0 bridgehead atoms. The van der Waals surface area contributed by atoms with Gasteiger partial charge in [-0.2, -0.15) is 0 Å². The lowest BCUT2D eigenvalue weighted by Gasteiger charge is -2.06. The van der Waals surface area contributed by atoms with Crippen molar-refractivity contribution in [3.63, 3.8) is 0 Å². The predicted molar refractivity (Wildman–Crippen MR) is 78.8 cm³/mol. The van der Waals surface area contributed by atoms with Gasteiger partial charge in [0.2, 0.25) is 0 Å². The Labute approximate surface area is 118 Å². The van der Waals surface area contributed by atoms with Crippen molar-refractivity contribution in [3.05, 3.63) is 63.5 Å². The molecule has 0 aliphatic rings. The highest BCUT2D eigenvalue weighted by molar-refractivity contribution is 9.10. The van der Waals surface area contributed by atoms with Gasteiger partial charge in [0.25, 0.3) is 0 Å². The number of hydrogen-bond acceptors (Lipinski definition) is 2. The molecule has 2 heterocycles. The average Bonchev–Trinajstić information content (AvgIpc) is 3.01. The zero-order valence-corrected chi connectivity index (χ0v) is 12.0. The molecule has 0 aliphatic heterocycles. The van der Waals surface area contributed by atoms with Crippen LogP contribution in [0.3, 0.4) is 0 Å². The van der Waals surface area contributed by atoms with Crippen LogP contribution in [0.5, 0.6) is 0 Å². The van der Waals surface area contributed by atoms with Gasteiger partial charge in [-0.1, -0.05) is 34.1 Å². The molecule has 90 valence electrons. The molecule has 2 nitrogen and oxygen atoms in total. The van der Waals surface area contributed by atoms with E-state index >= 15 is 0 Å². The highest BCUT2D eigenvalue weighted by Crippen LogP contribution is 2.23. The first-order valence-corrected chi connectivity index (χ1v) is 7.29. The lowest BCUT2D eigenvalue weighted by atomic mass is 10.2. The maximum absolute atomic E-state index is 4.45. The van der Waals surface area contributed by atoms with E-state index in [0.717, 1.165) is 22.4 Å². The van der Waals surface area contributed by atoms with Crippen molar-refractivity contribution in [2.45, 2.75) is 6.54 Å². The third-order valence-electron chi connectivity index (χ3n) is 2.70. The minimum Gasteiger partial charge on any atom is -0.326 e. The number of hydrogen-bond donors (Lipinski definition) is 0. The van der Waals surface area contributed by atoms with Crippen molar-refractivity contribution in [1.82, 2.24) is 9.55 Å². The van der Waals surface area contributed by atoms with Gasteiger partial charge in [-0.25, -0.2) is 4.98 Å². The first-order chi connectivity index (χ1) is 8.83.